The Bertz CT molecular complexity index is 528. The molecule has 2 nitrogen and oxygen atoms in total. The lowest BCUT2D eigenvalue weighted by atomic mass is 9.92. The zero-order valence-electron chi connectivity index (χ0n) is 10.7. The van der Waals surface area contributed by atoms with Crippen molar-refractivity contribution in [3.63, 3.8) is 0 Å². The molecule has 0 bridgehead atoms. The van der Waals surface area contributed by atoms with Crippen LogP contribution in [0.2, 0.25) is 5.02 Å². The molecule has 0 fully saturated rings. The number of nitrogens with one attached hydrogen (secondary N) is 1. The van der Waals surface area contributed by atoms with E-state index < -0.39 is 0 Å². The number of rotatable bonds is 5. The van der Waals surface area contributed by atoms with Gasteiger partial charge in [-0.3, -0.25) is 4.98 Å². The first kappa shape index (κ1) is 14.5. The number of nitrogens with zero attached hydrogens (tertiary/aromatic N) is 1. The summed E-state index contributed by atoms with van der Waals surface area (Å²) in [4.78, 5) is 4.03. The molecule has 2 aromatic rings. The summed E-state index contributed by atoms with van der Waals surface area (Å²) in [6.45, 7) is 0.917. The molecule has 19 heavy (non-hydrogen) atoms. The first-order valence-electron chi connectivity index (χ1n) is 6.19. The highest BCUT2D eigenvalue weighted by atomic mass is 79.9. The van der Waals surface area contributed by atoms with E-state index in [-0.39, 0.29) is 0 Å². The number of hydrogen-bond donors (Lipinski definition) is 1. The number of likely N-dealkylation sites (N-methyl/N-ethyl adjacent to an activating group) is 1. The van der Waals surface area contributed by atoms with Crippen LogP contribution in [0.25, 0.3) is 0 Å². The first-order chi connectivity index (χ1) is 9.20. The average molecular weight is 340 g/mol. The molecule has 1 aromatic carbocycles. The number of pyridine rings is 1. The number of halogens is 2. The minimum atomic E-state index is 0.401. The Morgan fingerprint density at radius 2 is 2.00 bits per heavy atom. The van der Waals surface area contributed by atoms with E-state index in [0.717, 1.165) is 28.0 Å². The zero-order valence-corrected chi connectivity index (χ0v) is 13.1. The molecular formula is C15H16BrClN2. The fraction of sp³-hybridized carbons (Fsp3) is 0.267. The molecule has 0 amide bonds. The summed E-state index contributed by atoms with van der Waals surface area (Å²) in [7, 11) is 1.97. The average Bonchev–Trinajstić information content (AvgIpc) is 2.42. The van der Waals surface area contributed by atoms with Crippen molar-refractivity contribution in [1.29, 1.82) is 0 Å². The van der Waals surface area contributed by atoms with E-state index in [9.17, 15) is 0 Å². The number of hydrogen-bond acceptors (Lipinski definition) is 2. The Morgan fingerprint density at radius 1 is 1.26 bits per heavy atom. The van der Waals surface area contributed by atoms with Crippen LogP contribution in [0.5, 0.6) is 0 Å². The molecule has 0 radical (unpaired) electrons. The minimum absolute atomic E-state index is 0.401. The Hall–Kier alpha value is -0.900. The third-order valence-corrected chi connectivity index (χ3v) is 3.98. The van der Waals surface area contributed by atoms with Gasteiger partial charge in [-0.25, -0.2) is 0 Å². The maximum absolute atomic E-state index is 6.19. The van der Waals surface area contributed by atoms with Gasteiger partial charge < -0.3 is 5.32 Å². The van der Waals surface area contributed by atoms with Crippen molar-refractivity contribution in [2.75, 3.05) is 13.6 Å². The minimum Gasteiger partial charge on any atom is -0.319 e. The van der Waals surface area contributed by atoms with E-state index in [0.29, 0.717) is 5.92 Å². The SMILES string of the molecule is CNCC(Cc1ccncc1Cl)c1ccc(Br)cc1. The Morgan fingerprint density at radius 3 is 2.63 bits per heavy atom. The monoisotopic (exact) mass is 338 g/mol. The Balaban J connectivity index is 2.21. The van der Waals surface area contributed by atoms with Crippen molar-refractivity contribution >= 4 is 27.5 Å². The Kier molecular flexibility index (Phi) is 5.37. The molecule has 4 heteroatoms. The quantitative estimate of drug-likeness (QED) is 0.889. The summed E-state index contributed by atoms with van der Waals surface area (Å²) in [5.74, 6) is 0.401. The van der Waals surface area contributed by atoms with Crippen LogP contribution < -0.4 is 5.32 Å². The standard InChI is InChI=1S/C15H16BrClN2/c1-18-9-13(11-2-4-14(16)5-3-11)8-12-6-7-19-10-15(12)17/h2-7,10,13,18H,8-9H2,1H3. The van der Waals surface area contributed by atoms with E-state index in [4.69, 9.17) is 11.6 Å². The molecule has 2 rings (SSSR count). The molecule has 100 valence electrons. The van der Waals surface area contributed by atoms with Gasteiger partial charge in [0.05, 0.1) is 5.02 Å². The lowest BCUT2D eigenvalue weighted by molar-refractivity contribution is 0.625. The number of aromatic nitrogens is 1. The topological polar surface area (TPSA) is 24.9 Å². The van der Waals surface area contributed by atoms with Gasteiger partial charge in [0.25, 0.3) is 0 Å². The van der Waals surface area contributed by atoms with E-state index in [1.807, 2.05) is 13.1 Å². The van der Waals surface area contributed by atoms with Crippen LogP contribution in [-0.2, 0) is 6.42 Å². The lowest BCUT2D eigenvalue weighted by Gasteiger charge is -2.18. The first-order valence-corrected chi connectivity index (χ1v) is 7.36. The summed E-state index contributed by atoms with van der Waals surface area (Å²) in [5, 5.41) is 3.99. The normalized spacial score (nSPS) is 12.4. The van der Waals surface area contributed by atoms with Crippen LogP contribution in [0.15, 0.2) is 47.2 Å². The van der Waals surface area contributed by atoms with Crippen LogP contribution >= 0.6 is 27.5 Å². The fourth-order valence-electron chi connectivity index (χ4n) is 2.12. The van der Waals surface area contributed by atoms with Crippen LogP contribution in [0.4, 0.5) is 0 Å². The molecule has 0 aliphatic carbocycles. The predicted molar refractivity (Wildman–Crippen MR) is 83.8 cm³/mol. The Labute approximate surface area is 127 Å². The van der Waals surface area contributed by atoms with Gasteiger partial charge in [0.2, 0.25) is 0 Å². The second-order valence-corrected chi connectivity index (χ2v) is 5.80. The van der Waals surface area contributed by atoms with Gasteiger partial charge in [-0.15, -0.1) is 0 Å². The molecule has 1 aromatic heterocycles. The van der Waals surface area contributed by atoms with Crippen molar-refractivity contribution < 1.29 is 0 Å². The predicted octanol–water partition coefficient (Wildman–Crippen LogP) is 4.04. The molecule has 1 unspecified atom stereocenters. The largest absolute Gasteiger partial charge is 0.319 e. The van der Waals surface area contributed by atoms with Gasteiger partial charge in [0.15, 0.2) is 0 Å². The summed E-state index contributed by atoms with van der Waals surface area (Å²) in [5.41, 5.74) is 2.45. The number of benzene rings is 1. The van der Waals surface area contributed by atoms with Gasteiger partial charge in [-0.1, -0.05) is 39.7 Å². The smallest absolute Gasteiger partial charge is 0.0621 e. The fourth-order valence-corrected chi connectivity index (χ4v) is 2.59. The van der Waals surface area contributed by atoms with Crippen molar-refractivity contribution in [2.24, 2.45) is 0 Å². The second kappa shape index (κ2) is 7.04. The van der Waals surface area contributed by atoms with E-state index in [1.54, 1.807) is 12.4 Å². The van der Waals surface area contributed by atoms with Gasteiger partial charge in [0, 0.05) is 29.3 Å². The van der Waals surface area contributed by atoms with E-state index in [1.165, 1.54) is 5.56 Å². The zero-order chi connectivity index (χ0) is 13.7. The van der Waals surface area contributed by atoms with Crippen molar-refractivity contribution in [2.45, 2.75) is 12.3 Å². The van der Waals surface area contributed by atoms with Gasteiger partial charge in [-0.05, 0) is 42.8 Å². The van der Waals surface area contributed by atoms with Crippen molar-refractivity contribution in [1.82, 2.24) is 10.3 Å². The highest BCUT2D eigenvalue weighted by molar-refractivity contribution is 9.10. The van der Waals surface area contributed by atoms with Crippen LogP contribution in [0.1, 0.15) is 17.0 Å². The highest BCUT2D eigenvalue weighted by Crippen LogP contribution is 2.25. The summed E-state index contributed by atoms with van der Waals surface area (Å²) in [6, 6.07) is 10.4. The van der Waals surface area contributed by atoms with E-state index >= 15 is 0 Å². The second-order valence-electron chi connectivity index (χ2n) is 4.48. The molecular weight excluding hydrogens is 324 g/mol. The van der Waals surface area contributed by atoms with Gasteiger partial charge in [0.1, 0.15) is 0 Å². The maximum Gasteiger partial charge on any atom is 0.0621 e. The molecule has 0 spiro atoms. The lowest BCUT2D eigenvalue weighted by Crippen LogP contribution is -2.19. The molecule has 0 saturated carbocycles. The molecule has 0 saturated heterocycles. The van der Waals surface area contributed by atoms with Gasteiger partial charge >= 0.3 is 0 Å². The third kappa shape index (κ3) is 4.03. The van der Waals surface area contributed by atoms with Crippen LogP contribution in [0, 0.1) is 0 Å². The molecule has 1 N–H and O–H groups in total. The van der Waals surface area contributed by atoms with Crippen LogP contribution in [-0.4, -0.2) is 18.6 Å². The third-order valence-electron chi connectivity index (χ3n) is 3.11. The molecule has 1 atom stereocenters. The molecule has 1 heterocycles. The molecule has 0 aliphatic rings. The maximum atomic E-state index is 6.19. The summed E-state index contributed by atoms with van der Waals surface area (Å²) < 4.78 is 1.10. The van der Waals surface area contributed by atoms with E-state index in [2.05, 4.69) is 50.5 Å². The van der Waals surface area contributed by atoms with Crippen molar-refractivity contribution in [3.05, 3.63) is 63.3 Å². The molecule has 0 aliphatic heterocycles. The van der Waals surface area contributed by atoms with Crippen molar-refractivity contribution in [3.8, 4) is 0 Å². The van der Waals surface area contributed by atoms with Crippen LogP contribution in [0.3, 0.4) is 0 Å². The highest BCUT2D eigenvalue weighted by Gasteiger charge is 2.13. The summed E-state index contributed by atoms with van der Waals surface area (Å²) >= 11 is 9.66. The summed E-state index contributed by atoms with van der Waals surface area (Å²) in [6.07, 6.45) is 4.40. The van der Waals surface area contributed by atoms with Gasteiger partial charge in [-0.2, -0.15) is 0 Å².